The zero-order chi connectivity index (χ0) is 20.7. The minimum Gasteiger partial charge on any atom is -0.494 e. The molecule has 0 aliphatic carbocycles. The first-order valence-corrected chi connectivity index (χ1v) is 10.8. The number of ether oxygens (including phenoxy) is 2. The largest absolute Gasteiger partial charge is 0.494 e. The van der Waals surface area contributed by atoms with Crippen LogP contribution in [0.25, 0.3) is 0 Å². The van der Waals surface area contributed by atoms with E-state index in [1.54, 1.807) is 36.4 Å². The fourth-order valence-corrected chi connectivity index (χ4v) is 3.20. The van der Waals surface area contributed by atoms with Gasteiger partial charge in [0.15, 0.2) is 15.9 Å². The molecule has 0 aromatic heterocycles. The van der Waals surface area contributed by atoms with Crippen LogP contribution in [0.2, 0.25) is 0 Å². The van der Waals surface area contributed by atoms with E-state index in [0.29, 0.717) is 23.6 Å². The minimum atomic E-state index is -3.22. The summed E-state index contributed by atoms with van der Waals surface area (Å²) in [7, 11) is -3.22. The van der Waals surface area contributed by atoms with Gasteiger partial charge < -0.3 is 14.8 Å². The van der Waals surface area contributed by atoms with Crippen LogP contribution in [0.3, 0.4) is 0 Å². The van der Waals surface area contributed by atoms with Crippen LogP contribution in [0.4, 0.5) is 5.69 Å². The molecule has 0 heterocycles. The Morgan fingerprint density at radius 3 is 2.39 bits per heavy atom. The van der Waals surface area contributed by atoms with E-state index in [-0.39, 0.29) is 11.3 Å². The van der Waals surface area contributed by atoms with Crippen LogP contribution >= 0.6 is 0 Å². The summed E-state index contributed by atoms with van der Waals surface area (Å²) in [6, 6.07) is 13.0. The lowest BCUT2D eigenvalue weighted by atomic mass is 10.1. The number of carbonyl (C=O) groups excluding carboxylic acids is 2. The van der Waals surface area contributed by atoms with Crippen molar-refractivity contribution in [1.29, 1.82) is 0 Å². The minimum absolute atomic E-state index is 0.179. The fraction of sp³-hybridized carbons (Fsp3) is 0.300. The summed E-state index contributed by atoms with van der Waals surface area (Å²) in [6.45, 7) is 3.88. The van der Waals surface area contributed by atoms with E-state index in [1.807, 2.05) is 6.92 Å². The second-order valence-electron chi connectivity index (χ2n) is 6.26. The summed E-state index contributed by atoms with van der Waals surface area (Å²) in [5.74, 6) is -0.675. The number of hydrogen-bond acceptors (Lipinski definition) is 6. The summed E-state index contributed by atoms with van der Waals surface area (Å²) in [5, 5.41) is 2.66. The summed E-state index contributed by atoms with van der Waals surface area (Å²) in [5.41, 5.74) is 1.21. The Morgan fingerprint density at radius 1 is 1.11 bits per heavy atom. The third-order valence-corrected chi connectivity index (χ3v) is 4.54. The molecule has 8 heteroatoms. The third-order valence-electron chi connectivity index (χ3n) is 3.68. The van der Waals surface area contributed by atoms with Crippen molar-refractivity contribution < 1.29 is 27.5 Å². The zero-order valence-electron chi connectivity index (χ0n) is 16.0. The van der Waals surface area contributed by atoms with Gasteiger partial charge in [-0.1, -0.05) is 12.1 Å². The topological polar surface area (TPSA) is 98.8 Å². The quantitative estimate of drug-likeness (QED) is 0.678. The van der Waals surface area contributed by atoms with Crippen molar-refractivity contribution in [1.82, 2.24) is 0 Å². The Morgan fingerprint density at radius 2 is 1.79 bits per heavy atom. The molecule has 0 saturated heterocycles. The monoisotopic (exact) mass is 405 g/mol. The highest BCUT2D eigenvalue weighted by Crippen LogP contribution is 2.16. The van der Waals surface area contributed by atoms with Gasteiger partial charge in [-0.2, -0.15) is 0 Å². The second-order valence-corrected chi connectivity index (χ2v) is 8.40. The van der Waals surface area contributed by atoms with E-state index in [1.165, 1.54) is 19.1 Å². The van der Waals surface area contributed by atoms with Crippen LogP contribution < -0.4 is 10.1 Å². The van der Waals surface area contributed by atoms with Crippen LogP contribution in [0.15, 0.2) is 48.5 Å². The average Bonchev–Trinajstić information content (AvgIpc) is 2.62. The number of sulfone groups is 1. The molecular formula is C20H23NO6S. The normalized spacial score (nSPS) is 12.1. The number of esters is 1. The number of amides is 1. The molecule has 0 radical (unpaired) electrons. The molecule has 0 unspecified atom stereocenters. The van der Waals surface area contributed by atoms with Gasteiger partial charge in [-0.25, -0.2) is 13.2 Å². The average molecular weight is 405 g/mol. The fourth-order valence-electron chi connectivity index (χ4n) is 2.42. The van der Waals surface area contributed by atoms with E-state index >= 15 is 0 Å². The Balaban J connectivity index is 1.97. The van der Waals surface area contributed by atoms with Gasteiger partial charge in [-0.05, 0) is 55.8 Å². The van der Waals surface area contributed by atoms with Gasteiger partial charge in [-0.3, -0.25) is 4.79 Å². The molecule has 1 amide bonds. The molecular weight excluding hydrogens is 382 g/mol. The van der Waals surface area contributed by atoms with E-state index < -0.39 is 27.8 Å². The van der Waals surface area contributed by atoms with Crippen LogP contribution in [0.5, 0.6) is 5.75 Å². The van der Waals surface area contributed by atoms with Gasteiger partial charge in [-0.15, -0.1) is 0 Å². The van der Waals surface area contributed by atoms with E-state index in [9.17, 15) is 18.0 Å². The van der Waals surface area contributed by atoms with Gasteiger partial charge in [0.2, 0.25) is 0 Å². The zero-order valence-corrected chi connectivity index (χ0v) is 16.8. The van der Waals surface area contributed by atoms with Crippen LogP contribution in [0.1, 0.15) is 29.8 Å². The standard InChI is InChI=1S/C20H23NO6S/c1-4-26-18-10-8-17(9-11-18)21-19(22)14(2)27-20(23)16-7-5-6-15(12-16)13-28(3,24)25/h5-12,14H,4,13H2,1-3H3,(H,21,22)/t14-/m1/s1. The lowest BCUT2D eigenvalue weighted by Crippen LogP contribution is -2.30. The summed E-state index contributed by atoms with van der Waals surface area (Å²) in [6.07, 6.45) is 0.0864. The number of hydrogen-bond donors (Lipinski definition) is 1. The molecule has 28 heavy (non-hydrogen) atoms. The molecule has 7 nitrogen and oxygen atoms in total. The lowest BCUT2D eigenvalue weighted by Gasteiger charge is -2.14. The van der Waals surface area contributed by atoms with E-state index in [0.717, 1.165) is 6.26 Å². The van der Waals surface area contributed by atoms with Gasteiger partial charge in [0.1, 0.15) is 5.75 Å². The molecule has 0 aliphatic heterocycles. The maximum atomic E-state index is 12.3. The van der Waals surface area contributed by atoms with Crippen molar-refractivity contribution in [3.8, 4) is 5.75 Å². The molecule has 150 valence electrons. The molecule has 1 atom stereocenters. The highest BCUT2D eigenvalue weighted by molar-refractivity contribution is 7.89. The highest BCUT2D eigenvalue weighted by Gasteiger charge is 2.19. The lowest BCUT2D eigenvalue weighted by molar-refractivity contribution is -0.123. The van der Waals surface area contributed by atoms with Crippen molar-refractivity contribution in [2.75, 3.05) is 18.2 Å². The van der Waals surface area contributed by atoms with Gasteiger partial charge in [0.05, 0.1) is 17.9 Å². The van der Waals surface area contributed by atoms with Gasteiger partial charge in [0, 0.05) is 11.9 Å². The predicted octanol–water partition coefficient (Wildman–Crippen LogP) is 2.81. The molecule has 0 spiro atoms. The van der Waals surface area contributed by atoms with Crippen LogP contribution in [-0.2, 0) is 25.1 Å². The number of nitrogens with one attached hydrogen (secondary N) is 1. The van der Waals surface area contributed by atoms with Crippen LogP contribution in [-0.4, -0.2) is 39.3 Å². The number of carbonyl (C=O) groups is 2. The van der Waals surface area contributed by atoms with Crippen LogP contribution in [0, 0.1) is 0 Å². The summed E-state index contributed by atoms with van der Waals surface area (Å²) < 4.78 is 33.3. The molecule has 0 bridgehead atoms. The number of rotatable bonds is 8. The predicted molar refractivity (Wildman–Crippen MR) is 106 cm³/mol. The van der Waals surface area contributed by atoms with Gasteiger partial charge >= 0.3 is 5.97 Å². The first kappa shape index (κ1) is 21.4. The number of benzene rings is 2. The Labute approximate surface area is 164 Å². The van der Waals surface area contributed by atoms with Gasteiger partial charge in [0.25, 0.3) is 5.91 Å². The highest BCUT2D eigenvalue weighted by atomic mass is 32.2. The summed E-state index contributed by atoms with van der Waals surface area (Å²) in [4.78, 5) is 24.5. The van der Waals surface area contributed by atoms with Crippen molar-refractivity contribution in [3.63, 3.8) is 0 Å². The maximum Gasteiger partial charge on any atom is 0.338 e. The van der Waals surface area contributed by atoms with Crippen molar-refractivity contribution in [2.24, 2.45) is 0 Å². The molecule has 0 saturated carbocycles. The Hall–Kier alpha value is -2.87. The van der Waals surface area contributed by atoms with Crippen molar-refractivity contribution >= 4 is 27.4 Å². The SMILES string of the molecule is CCOc1ccc(NC(=O)[C@@H](C)OC(=O)c2cccc(CS(C)(=O)=O)c2)cc1. The third kappa shape index (κ3) is 6.70. The molecule has 2 aromatic carbocycles. The number of anilines is 1. The van der Waals surface area contributed by atoms with Crippen molar-refractivity contribution in [2.45, 2.75) is 25.7 Å². The molecule has 2 rings (SSSR count). The van der Waals surface area contributed by atoms with E-state index in [4.69, 9.17) is 9.47 Å². The first-order valence-electron chi connectivity index (χ1n) is 8.69. The second kappa shape index (κ2) is 9.36. The first-order chi connectivity index (χ1) is 13.2. The molecule has 0 fully saturated rings. The Bertz CT molecular complexity index is 937. The smallest absolute Gasteiger partial charge is 0.338 e. The molecule has 2 aromatic rings. The van der Waals surface area contributed by atoms with Crippen molar-refractivity contribution in [3.05, 3.63) is 59.7 Å². The Kier molecular flexibility index (Phi) is 7.17. The maximum absolute atomic E-state index is 12.3. The summed E-state index contributed by atoms with van der Waals surface area (Å²) >= 11 is 0. The molecule has 1 N–H and O–H groups in total. The molecule has 0 aliphatic rings. The van der Waals surface area contributed by atoms with E-state index in [2.05, 4.69) is 5.32 Å².